The molecule has 0 unspecified atom stereocenters. The molecule has 2 aromatic carbocycles. The van der Waals surface area contributed by atoms with Gasteiger partial charge in [0.05, 0.1) is 23.1 Å². The van der Waals surface area contributed by atoms with Crippen molar-refractivity contribution in [2.45, 2.75) is 24.3 Å². The third-order valence-corrected chi connectivity index (χ3v) is 5.55. The van der Waals surface area contributed by atoms with Crippen molar-refractivity contribution in [1.29, 1.82) is 0 Å². The van der Waals surface area contributed by atoms with Crippen molar-refractivity contribution in [2.75, 3.05) is 13.7 Å². The number of ether oxygens (including phenoxy) is 1. The van der Waals surface area contributed by atoms with Crippen LogP contribution in [0.15, 0.2) is 53.4 Å². The summed E-state index contributed by atoms with van der Waals surface area (Å²) >= 11 is 5.96. The smallest absolute Gasteiger partial charge is 0.241 e. The van der Waals surface area contributed by atoms with Crippen molar-refractivity contribution in [1.82, 2.24) is 10.0 Å². The van der Waals surface area contributed by atoms with E-state index in [0.29, 0.717) is 18.7 Å². The Bertz CT molecular complexity index is 857. The second-order valence-electron chi connectivity index (χ2n) is 5.67. The van der Waals surface area contributed by atoms with Gasteiger partial charge in [-0.15, -0.1) is 0 Å². The van der Waals surface area contributed by atoms with Gasteiger partial charge in [0.15, 0.2) is 0 Å². The average molecular weight is 397 g/mol. The van der Waals surface area contributed by atoms with Gasteiger partial charge in [0, 0.05) is 6.54 Å². The Labute approximate surface area is 158 Å². The van der Waals surface area contributed by atoms with Crippen LogP contribution in [0.3, 0.4) is 0 Å². The maximum absolute atomic E-state index is 12.4. The highest BCUT2D eigenvalue weighted by atomic mass is 35.5. The lowest BCUT2D eigenvalue weighted by molar-refractivity contribution is -0.122. The van der Waals surface area contributed by atoms with Crippen LogP contribution in [0.1, 0.15) is 12.5 Å². The van der Waals surface area contributed by atoms with Gasteiger partial charge in [0.2, 0.25) is 15.9 Å². The first-order valence-corrected chi connectivity index (χ1v) is 9.87. The molecule has 2 rings (SSSR count). The van der Waals surface area contributed by atoms with Crippen molar-refractivity contribution < 1.29 is 17.9 Å². The minimum absolute atomic E-state index is 0.0350. The molecule has 1 atom stereocenters. The molecule has 140 valence electrons. The molecular weight excluding hydrogens is 376 g/mol. The van der Waals surface area contributed by atoms with E-state index in [1.807, 2.05) is 30.3 Å². The van der Waals surface area contributed by atoms with E-state index < -0.39 is 22.0 Å². The molecule has 0 fully saturated rings. The summed E-state index contributed by atoms with van der Waals surface area (Å²) in [7, 11) is -2.44. The second kappa shape index (κ2) is 9.02. The van der Waals surface area contributed by atoms with Crippen molar-refractivity contribution in [3.63, 3.8) is 0 Å². The van der Waals surface area contributed by atoms with Crippen LogP contribution in [-0.2, 0) is 21.2 Å². The number of carbonyl (C=O) groups excluding carboxylic acids is 1. The van der Waals surface area contributed by atoms with Crippen molar-refractivity contribution >= 4 is 27.5 Å². The Balaban J connectivity index is 1.93. The number of amides is 1. The third-order valence-electron chi connectivity index (χ3n) is 3.71. The van der Waals surface area contributed by atoms with Crippen molar-refractivity contribution in [3.05, 3.63) is 59.1 Å². The zero-order valence-electron chi connectivity index (χ0n) is 14.5. The van der Waals surface area contributed by atoms with E-state index in [0.717, 1.165) is 5.56 Å². The van der Waals surface area contributed by atoms with Crippen LogP contribution in [0, 0.1) is 0 Å². The lowest BCUT2D eigenvalue weighted by Crippen LogP contribution is -2.45. The lowest BCUT2D eigenvalue weighted by atomic mass is 10.1. The molecule has 0 aliphatic heterocycles. The quantitative estimate of drug-likeness (QED) is 0.717. The molecule has 0 aliphatic carbocycles. The van der Waals surface area contributed by atoms with Crippen LogP contribution in [0.25, 0.3) is 0 Å². The second-order valence-corrected chi connectivity index (χ2v) is 7.79. The van der Waals surface area contributed by atoms with Gasteiger partial charge in [-0.1, -0.05) is 41.9 Å². The molecular formula is C18H21ClN2O4S. The topological polar surface area (TPSA) is 84.5 Å². The number of benzene rings is 2. The highest BCUT2D eigenvalue weighted by Crippen LogP contribution is 2.26. The number of methoxy groups -OCH3 is 1. The molecule has 0 heterocycles. The normalized spacial score (nSPS) is 12.4. The van der Waals surface area contributed by atoms with E-state index in [2.05, 4.69) is 10.0 Å². The number of hydrogen-bond acceptors (Lipinski definition) is 4. The summed E-state index contributed by atoms with van der Waals surface area (Å²) in [5.74, 6) is -0.0264. The maximum Gasteiger partial charge on any atom is 0.241 e. The largest absolute Gasteiger partial charge is 0.495 e. The molecule has 0 saturated heterocycles. The molecule has 2 N–H and O–H groups in total. The molecule has 1 amide bonds. The molecule has 0 spiro atoms. The standard InChI is InChI=1S/C18H21ClN2O4S/c1-13(18(22)20-11-10-14-6-4-3-5-7-14)21-26(23,24)15-8-9-17(25-2)16(19)12-15/h3-9,12-13,21H,10-11H2,1-2H3,(H,20,22)/t13-/m0/s1. The molecule has 2 aromatic rings. The van der Waals surface area contributed by atoms with Gasteiger partial charge in [0.25, 0.3) is 0 Å². The number of sulfonamides is 1. The fourth-order valence-corrected chi connectivity index (χ4v) is 3.85. The first-order valence-electron chi connectivity index (χ1n) is 8.01. The SMILES string of the molecule is COc1ccc(S(=O)(=O)N[C@@H](C)C(=O)NCCc2ccccc2)cc1Cl. The summed E-state index contributed by atoms with van der Waals surface area (Å²) in [5.41, 5.74) is 1.09. The van der Waals surface area contributed by atoms with E-state index >= 15 is 0 Å². The minimum Gasteiger partial charge on any atom is -0.495 e. The van der Waals surface area contributed by atoms with Crippen LogP contribution in [0.5, 0.6) is 5.75 Å². The van der Waals surface area contributed by atoms with E-state index in [9.17, 15) is 13.2 Å². The van der Waals surface area contributed by atoms with Gasteiger partial charge in [0.1, 0.15) is 5.75 Å². The highest BCUT2D eigenvalue weighted by molar-refractivity contribution is 7.89. The third kappa shape index (κ3) is 5.45. The number of hydrogen-bond donors (Lipinski definition) is 2. The molecule has 0 radical (unpaired) electrons. The zero-order valence-corrected chi connectivity index (χ0v) is 16.1. The minimum atomic E-state index is -3.88. The number of nitrogens with one attached hydrogen (secondary N) is 2. The lowest BCUT2D eigenvalue weighted by Gasteiger charge is -2.15. The van der Waals surface area contributed by atoms with Crippen LogP contribution >= 0.6 is 11.6 Å². The first-order chi connectivity index (χ1) is 12.3. The summed E-state index contributed by atoms with van der Waals surface area (Å²) in [6, 6.07) is 12.9. The predicted octanol–water partition coefficient (Wildman–Crippen LogP) is 2.37. The fraction of sp³-hybridized carbons (Fsp3) is 0.278. The van der Waals surface area contributed by atoms with Crippen molar-refractivity contribution in [3.8, 4) is 5.75 Å². The molecule has 0 saturated carbocycles. The molecule has 8 heteroatoms. The van der Waals surface area contributed by atoms with Crippen LogP contribution < -0.4 is 14.8 Å². The summed E-state index contributed by atoms with van der Waals surface area (Å²) in [5, 5.41) is 2.90. The van der Waals surface area contributed by atoms with Gasteiger partial charge in [-0.2, -0.15) is 4.72 Å². The predicted molar refractivity (Wildman–Crippen MR) is 101 cm³/mol. The van der Waals surface area contributed by atoms with Crippen molar-refractivity contribution in [2.24, 2.45) is 0 Å². The van der Waals surface area contributed by atoms with Crippen LogP contribution in [0.4, 0.5) is 0 Å². The van der Waals surface area contributed by atoms with Gasteiger partial charge in [-0.05, 0) is 37.1 Å². The Morgan fingerprint density at radius 1 is 1.19 bits per heavy atom. The van der Waals surface area contributed by atoms with E-state index in [4.69, 9.17) is 16.3 Å². The fourth-order valence-electron chi connectivity index (χ4n) is 2.30. The monoisotopic (exact) mass is 396 g/mol. The van der Waals surface area contributed by atoms with E-state index in [1.165, 1.54) is 32.2 Å². The summed E-state index contributed by atoms with van der Waals surface area (Å²) < 4.78 is 32.2. The van der Waals surface area contributed by atoms with Gasteiger partial charge >= 0.3 is 0 Å². The maximum atomic E-state index is 12.4. The van der Waals surface area contributed by atoms with Crippen LogP contribution in [0.2, 0.25) is 5.02 Å². The number of rotatable bonds is 8. The zero-order chi connectivity index (χ0) is 19.2. The molecule has 0 aromatic heterocycles. The Kier molecular flexibility index (Phi) is 7.02. The number of halogens is 1. The summed E-state index contributed by atoms with van der Waals surface area (Å²) in [4.78, 5) is 12.1. The van der Waals surface area contributed by atoms with E-state index in [-0.39, 0.29) is 9.92 Å². The molecule has 0 bridgehead atoms. The molecule has 26 heavy (non-hydrogen) atoms. The highest BCUT2D eigenvalue weighted by Gasteiger charge is 2.22. The van der Waals surface area contributed by atoms with Gasteiger partial charge in [-0.25, -0.2) is 8.42 Å². The molecule has 6 nitrogen and oxygen atoms in total. The molecule has 0 aliphatic rings. The van der Waals surface area contributed by atoms with Gasteiger partial charge < -0.3 is 10.1 Å². The Morgan fingerprint density at radius 3 is 2.50 bits per heavy atom. The number of carbonyl (C=O) groups is 1. The summed E-state index contributed by atoms with van der Waals surface area (Å²) in [6.45, 7) is 1.91. The van der Waals surface area contributed by atoms with Crippen LogP contribution in [-0.4, -0.2) is 34.0 Å². The van der Waals surface area contributed by atoms with Gasteiger partial charge in [-0.3, -0.25) is 4.79 Å². The Morgan fingerprint density at radius 2 is 1.88 bits per heavy atom. The first kappa shape index (κ1) is 20.2. The average Bonchev–Trinajstić information content (AvgIpc) is 2.62. The van der Waals surface area contributed by atoms with E-state index in [1.54, 1.807) is 0 Å². The summed E-state index contributed by atoms with van der Waals surface area (Å²) in [6.07, 6.45) is 0.667. The Hall–Kier alpha value is -2.09.